The lowest BCUT2D eigenvalue weighted by molar-refractivity contribution is 0.339. The van der Waals surface area contributed by atoms with Gasteiger partial charge in [-0.05, 0) is 55.9 Å². The third kappa shape index (κ3) is 3.77. The van der Waals surface area contributed by atoms with E-state index in [-0.39, 0.29) is 5.82 Å². The molecule has 1 aliphatic carbocycles. The first-order valence-corrected chi connectivity index (χ1v) is 8.11. The topological polar surface area (TPSA) is 63.8 Å². The molecule has 0 saturated heterocycles. The Labute approximate surface area is 127 Å². The Hall–Kier alpha value is -1.53. The van der Waals surface area contributed by atoms with Crippen LogP contribution in [0.3, 0.4) is 0 Å². The third-order valence-electron chi connectivity index (χ3n) is 3.95. The predicted octanol–water partition coefficient (Wildman–Crippen LogP) is 3.27. The lowest BCUT2D eigenvalue weighted by Crippen LogP contribution is -2.29. The summed E-state index contributed by atoms with van der Waals surface area (Å²) in [6, 6.07) is 6.71. The minimum atomic E-state index is -0.239. The molecule has 1 saturated carbocycles. The quantitative estimate of drug-likeness (QED) is 0.910. The van der Waals surface area contributed by atoms with E-state index in [9.17, 15) is 4.39 Å². The summed E-state index contributed by atoms with van der Waals surface area (Å²) in [5.74, 6) is 0.431. The zero-order valence-corrected chi connectivity index (χ0v) is 12.6. The number of nitrogens with two attached hydrogens (primary N) is 1. The second-order valence-electron chi connectivity index (χ2n) is 5.58. The SMILES string of the molecule is NC1CCC(CNc2nnc(-c3ccc(F)cc3)s2)CC1. The molecule has 1 aromatic carbocycles. The molecule has 0 amide bonds. The van der Waals surface area contributed by atoms with Crippen molar-refractivity contribution in [3.05, 3.63) is 30.1 Å². The number of halogens is 1. The third-order valence-corrected chi connectivity index (χ3v) is 4.88. The Bertz CT molecular complexity index is 576. The van der Waals surface area contributed by atoms with Crippen molar-refractivity contribution in [1.82, 2.24) is 10.2 Å². The summed E-state index contributed by atoms with van der Waals surface area (Å²) in [5.41, 5.74) is 6.81. The average molecular weight is 306 g/mol. The second kappa shape index (κ2) is 6.49. The van der Waals surface area contributed by atoms with Gasteiger partial charge in [-0.1, -0.05) is 11.3 Å². The summed E-state index contributed by atoms with van der Waals surface area (Å²) in [4.78, 5) is 0. The van der Waals surface area contributed by atoms with E-state index in [4.69, 9.17) is 5.73 Å². The highest BCUT2D eigenvalue weighted by Gasteiger charge is 2.18. The number of nitrogens with one attached hydrogen (secondary N) is 1. The summed E-state index contributed by atoms with van der Waals surface area (Å²) in [6.45, 7) is 0.921. The van der Waals surface area contributed by atoms with E-state index in [0.717, 1.165) is 35.1 Å². The van der Waals surface area contributed by atoms with Crippen LogP contribution < -0.4 is 11.1 Å². The molecule has 21 heavy (non-hydrogen) atoms. The van der Waals surface area contributed by atoms with E-state index in [1.54, 1.807) is 12.1 Å². The molecule has 1 aromatic heterocycles. The average Bonchev–Trinajstić information content (AvgIpc) is 2.96. The maximum absolute atomic E-state index is 12.9. The van der Waals surface area contributed by atoms with Crippen molar-refractivity contribution < 1.29 is 4.39 Å². The molecular weight excluding hydrogens is 287 g/mol. The fourth-order valence-corrected chi connectivity index (χ4v) is 3.38. The van der Waals surface area contributed by atoms with Crippen molar-refractivity contribution >= 4 is 16.5 Å². The standard InChI is InChI=1S/C15H19FN4S/c16-12-5-3-11(4-6-12)14-19-20-15(21-14)18-9-10-1-7-13(17)8-2-10/h3-6,10,13H,1-2,7-9,17H2,(H,18,20). The van der Waals surface area contributed by atoms with Gasteiger partial charge in [-0.2, -0.15) is 0 Å². The van der Waals surface area contributed by atoms with E-state index in [2.05, 4.69) is 15.5 Å². The Morgan fingerprint density at radius 2 is 1.86 bits per heavy atom. The molecule has 0 unspecified atom stereocenters. The van der Waals surface area contributed by atoms with Crippen LogP contribution in [0.1, 0.15) is 25.7 Å². The van der Waals surface area contributed by atoms with E-state index >= 15 is 0 Å². The fourth-order valence-electron chi connectivity index (χ4n) is 2.63. The minimum absolute atomic E-state index is 0.239. The van der Waals surface area contributed by atoms with Crippen LogP contribution in [-0.2, 0) is 0 Å². The molecule has 1 aliphatic rings. The Morgan fingerprint density at radius 3 is 2.57 bits per heavy atom. The zero-order chi connectivity index (χ0) is 14.7. The Balaban J connectivity index is 1.56. The van der Waals surface area contributed by atoms with Gasteiger partial charge in [0.25, 0.3) is 0 Å². The number of anilines is 1. The smallest absolute Gasteiger partial charge is 0.206 e. The highest BCUT2D eigenvalue weighted by molar-refractivity contribution is 7.18. The van der Waals surface area contributed by atoms with Crippen LogP contribution in [0.5, 0.6) is 0 Å². The van der Waals surface area contributed by atoms with Crippen LogP contribution in [0.4, 0.5) is 9.52 Å². The van der Waals surface area contributed by atoms with Gasteiger partial charge in [0.1, 0.15) is 10.8 Å². The number of hydrogen-bond donors (Lipinski definition) is 2. The lowest BCUT2D eigenvalue weighted by atomic mass is 9.86. The number of rotatable bonds is 4. The molecule has 112 valence electrons. The Kier molecular flexibility index (Phi) is 4.45. The van der Waals surface area contributed by atoms with Gasteiger partial charge < -0.3 is 11.1 Å². The first-order chi connectivity index (χ1) is 10.2. The zero-order valence-electron chi connectivity index (χ0n) is 11.8. The maximum atomic E-state index is 12.9. The van der Waals surface area contributed by atoms with Gasteiger partial charge in [-0.15, -0.1) is 10.2 Å². The van der Waals surface area contributed by atoms with E-state index in [0.29, 0.717) is 12.0 Å². The highest BCUT2D eigenvalue weighted by Crippen LogP contribution is 2.28. The molecule has 0 bridgehead atoms. The van der Waals surface area contributed by atoms with Crippen LogP contribution in [0, 0.1) is 11.7 Å². The monoisotopic (exact) mass is 306 g/mol. The number of nitrogens with zero attached hydrogens (tertiary/aromatic N) is 2. The van der Waals surface area contributed by atoms with E-state index < -0.39 is 0 Å². The van der Waals surface area contributed by atoms with Crippen molar-refractivity contribution in [2.24, 2.45) is 11.7 Å². The largest absolute Gasteiger partial charge is 0.360 e. The summed E-state index contributed by atoms with van der Waals surface area (Å²) in [5, 5.41) is 13.3. The van der Waals surface area contributed by atoms with E-state index in [1.807, 2.05) is 0 Å². The van der Waals surface area contributed by atoms with E-state index in [1.165, 1.54) is 36.3 Å². The van der Waals surface area contributed by atoms with Gasteiger partial charge in [0, 0.05) is 18.2 Å². The van der Waals surface area contributed by atoms with Crippen LogP contribution >= 0.6 is 11.3 Å². The molecule has 1 fully saturated rings. The fraction of sp³-hybridized carbons (Fsp3) is 0.467. The summed E-state index contributed by atoms with van der Waals surface area (Å²) >= 11 is 1.50. The Morgan fingerprint density at radius 1 is 1.14 bits per heavy atom. The lowest BCUT2D eigenvalue weighted by Gasteiger charge is -2.25. The molecular formula is C15H19FN4S. The summed E-state index contributed by atoms with van der Waals surface area (Å²) in [7, 11) is 0. The number of hydrogen-bond acceptors (Lipinski definition) is 5. The van der Waals surface area contributed by atoms with Crippen molar-refractivity contribution in [3.63, 3.8) is 0 Å². The van der Waals surface area contributed by atoms with Crippen molar-refractivity contribution in [2.75, 3.05) is 11.9 Å². The van der Waals surface area contributed by atoms with Crippen LogP contribution in [0.15, 0.2) is 24.3 Å². The molecule has 0 spiro atoms. The summed E-state index contributed by atoms with van der Waals surface area (Å²) < 4.78 is 12.9. The van der Waals surface area contributed by atoms with Gasteiger partial charge >= 0.3 is 0 Å². The molecule has 0 aliphatic heterocycles. The van der Waals surface area contributed by atoms with Gasteiger partial charge in [-0.25, -0.2) is 4.39 Å². The predicted molar refractivity (Wildman–Crippen MR) is 83.7 cm³/mol. The number of benzene rings is 1. The van der Waals surface area contributed by atoms with Gasteiger partial charge in [-0.3, -0.25) is 0 Å². The molecule has 3 rings (SSSR count). The minimum Gasteiger partial charge on any atom is -0.360 e. The van der Waals surface area contributed by atoms with Crippen LogP contribution in [0.25, 0.3) is 10.6 Å². The first kappa shape index (κ1) is 14.4. The first-order valence-electron chi connectivity index (χ1n) is 7.29. The number of aromatic nitrogens is 2. The molecule has 6 heteroatoms. The summed E-state index contributed by atoms with van der Waals surface area (Å²) in [6.07, 6.45) is 4.59. The van der Waals surface area contributed by atoms with Crippen molar-refractivity contribution in [1.29, 1.82) is 0 Å². The molecule has 4 nitrogen and oxygen atoms in total. The second-order valence-corrected chi connectivity index (χ2v) is 6.56. The molecule has 0 atom stereocenters. The van der Waals surface area contributed by atoms with Gasteiger partial charge in [0.05, 0.1) is 0 Å². The normalized spacial score (nSPS) is 22.2. The van der Waals surface area contributed by atoms with Crippen molar-refractivity contribution in [2.45, 2.75) is 31.7 Å². The molecule has 3 N–H and O–H groups in total. The highest BCUT2D eigenvalue weighted by atomic mass is 32.1. The molecule has 0 radical (unpaired) electrons. The van der Waals surface area contributed by atoms with Crippen LogP contribution in [-0.4, -0.2) is 22.8 Å². The molecule has 2 aromatic rings. The van der Waals surface area contributed by atoms with Crippen molar-refractivity contribution in [3.8, 4) is 10.6 Å². The molecule has 1 heterocycles. The maximum Gasteiger partial charge on any atom is 0.206 e. The van der Waals surface area contributed by atoms with Gasteiger partial charge in [0.15, 0.2) is 0 Å². The van der Waals surface area contributed by atoms with Crippen LogP contribution in [0.2, 0.25) is 0 Å². The van der Waals surface area contributed by atoms with Gasteiger partial charge in [0.2, 0.25) is 5.13 Å².